The van der Waals surface area contributed by atoms with Gasteiger partial charge in [-0.25, -0.2) is 14.6 Å². The van der Waals surface area contributed by atoms with Gasteiger partial charge in [0.1, 0.15) is 5.82 Å². The zero-order chi connectivity index (χ0) is 28.2. The first kappa shape index (κ1) is 31.9. The van der Waals surface area contributed by atoms with Crippen LogP contribution >= 0.6 is 0 Å². The third kappa shape index (κ3) is 13.1. The fourth-order valence-electron chi connectivity index (χ4n) is 3.25. The number of hydrogen-bond acceptors (Lipinski definition) is 6. The Morgan fingerprint density at radius 3 is 2.05 bits per heavy atom. The van der Waals surface area contributed by atoms with Gasteiger partial charge in [0.25, 0.3) is 0 Å². The number of nitrogens with zero attached hydrogens (tertiary/aromatic N) is 5. The van der Waals surface area contributed by atoms with Crippen LogP contribution in [0.1, 0.15) is 49.8 Å². The number of aliphatic carboxylic acids is 2. The van der Waals surface area contributed by atoms with E-state index in [-0.39, 0.29) is 0 Å². The molecule has 1 fully saturated rings. The standard InChI is InChI=1S/C17H28N6.2C2HF3O2/c1-3-4-5-16-12-23(21-20-16)11-15-6-8-22(9-7-15)13-17-18-10-14(2)19-17;2*3-2(4,5)1(6)7/h10,12,15H,3-9,11,13H2,1-2H3,(H,18,19);2*(H,6,7). The number of piperidine rings is 1. The molecule has 0 spiro atoms. The van der Waals surface area contributed by atoms with Crippen LogP contribution in [0.3, 0.4) is 0 Å². The van der Waals surface area contributed by atoms with Gasteiger partial charge < -0.3 is 15.2 Å². The monoisotopic (exact) mass is 544 g/mol. The molecule has 2 aromatic heterocycles. The molecule has 3 N–H and O–H groups in total. The zero-order valence-corrected chi connectivity index (χ0v) is 20.3. The first-order valence-electron chi connectivity index (χ1n) is 11.3. The molecular formula is C21H30F6N6O4. The molecule has 37 heavy (non-hydrogen) atoms. The number of carbonyl (C=O) groups is 2. The average Bonchev–Trinajstić information content (AvgIpc) is 3.41. The van der Waals surface area contributed by atoms with Gasteiger partial charge in [-0.3, -0.25) is 9.58 Å². The predicted molar refractivity (Wildman–Crippen MR) is 117 cm³/mol. The summed E-state index contributed by atoms with van der Waals surface area (Å²) in [5.41, 5.74) is 2.28. The normalized spacial score (nSPS) is 14.8. The maximum absolute atomic E-state index is 10.6. The van der Waals surface area contributed by atoms with E-state index in [0.29, 0.717) is 5.92 Å². The first-order valence-corrected chi connectivity index (χ1v) is 11.3. The molecule has 0 unspecified atom stereocenters. The number of rotatable bonds is 7. The van der Waals surface area contributed by atoms with E-state index in [0.717, 1.165) is 49.8 Å². The summed E-state index contributed by atoms with van der Waals surface area (Å²) in [6, 6.07) is 0. The highest BCUT2D eigenvalue weighted by atomic mass is 19.4. The number of nitrogens with one attached hydrogen (secondary N) is 1. The highest BCUT2D eigenvalue weighted by Gasteiger charge is 2.38. The number of aromatic nitrogens is 5. The Balaban J connectivity index is 0.000000404. The smallest absolute Gasteiger partial charge is 0.475 e. The number of carboxylic acids is 2. The Labute approximate surface area is 208 Å². The average molecular weight is 544 g/mol. The summed E-state index contributed by atoms with van der Waals surface area (Å²) < 4.78 is 65.5. The third-order valence-electron chi connectivity index (χ3n) is 5.14. The van der Waals surface area contributed by atoms with Crippen molar-refractivity contribution in [2.75, 3.05) is 13.1 Å². The van der Waals surface area contributed by atoms with Crippen molar-refractivity contribution in [1.82, 2.24) is 29.9 Å². The van der Waals surface area contributed by atoms with E-state index >= 15 is 0 Å². The van der Waals surface area contributed by atoms with Crippen LogP contribution in [0.5, 0.6) is 0 Å². The van der Waals surface area contributed by atoms with Crippen molar-refractivity contribution in [3.63, 3.8) is 0 Å². The minimum Gasteiger partial charge on any atom is -0.475 e. The molecule has 10 nitrogen and oxygen atoms in total. The maximum atomic E-state index is 10.6. The molecule has 0 radical (unpaired) electrons. The lowest BCUT2D eigenvalue weighted by molar-refractivity contribution is -0.193. The Hall–Kier alpha value is -3.17. The number of unbranched alkanes of at least 4 members (excludes halogenated alkanes) is 1. The Kier molecular flexibility index (Phi) is 12.5. The number of alkyl halides is 6. The topological polar surface area (TPSA) is 137 Å². The van der Waals surface area contributed by atoms with Gasteiger partial charge in [-0.15, -0.1) is 5.10 Å². The summed E-state index contributed by atoms with van der Waals surface area (Å²) >= 11 is 0. The molecule has 1 saturated heterocycles. The molecule has 0 amide bonds. The second-order valence-corrected chi connectivity index (χ2v) is 8.37. The Morgan fingerprint density at radius 1 is 1.08 bits per heavy atom. The van der Waals surface area contributed by atoms with Crippen molar-refractivity contribution < 1.29 is 46.1 Å². The van der Waals surface area contributed by atoms with E-state index in [9.17, 15) is 26.3 Å². The number of H-pyrrole nitrogens is 1. The summed E-state index contributed by atoms with van der Waals surface area (Å²) in [6.07, 6.45) is -0.217. The number of halogens is 6. The van der Waals surface area contributed by atoms with Crippen molar-refractivity contribution in [3.8, 4) is 0 Å². The number of imidazole rings is 1. The minimum absolute atomic E-state index is 0.713. The minimum atomic E-state index is -5.08. The van der Waals surface area contributed by atoms with Gasteiger partial charge in [-0.1, -0.05) is 18.6 Å². The van der Waals surface area contributed by atoms with Crippen LogP contribution in [0.2, 0.25) is 0 Å². The van der Waals surface area contributed by atoms with Gasteiger partial charge in [-0.05, 0) is 51.6 Å². The van der Waals surface area contributed by atoms with Crippen LogP contribution in [0, 0.1) is 12.8 Å². The SMILES string of the molecule is CCCCc1cn(CC2CCN(Cc3ncc(C)[nH]3)CC2)nn1.O=C(O)C(F)(F)F.O=C(O)C(F)(F)F. The van der Waals surface area contributed by atoms with E-state index in [2.05, 4.69) is 45.2 Å². The van der Waals surface area contributed by atoms with E-state index in [4.69, 9.17) is 19.8 Å². The number of hydrogen-bond donors (Lipinski definition) is 3. The van der Waals surface area contributed by atoms with E-state index < -0.39 is 24.3 Å². The van der Waals surface area contributed by atoms with E-state index in [1.54, 1.807) is 0 Å². The van der Waals surface area contributed by atoms with Crippen molar-refractivity contribution in [1.29, 1.82) is 0 Å². The first-order chi connectivity index (χ1) is 17.1. The molecule has 1 aliphatic heterocycles. The van der Waals surface area contributed by atoms with Gasteiger partial charge in [0, 0.05) is 24.6 Å². The molecule has 210 valence electrons. The molecule has 0 aliphatic carbocycles. The molecule has 3 heterocycles. The summed E-state index contributed by atoms with van der Waals surface area (Å²) in [5.74, 6) is -3.72. The highest BCUT2D eigenvalue weighted by molar-refractivity contribution is 5.73. The number of likely N-dealkylation sites (tertiary alicyclic amines) is 1. The fourth-order valence-corrected chi connectivity index (χ4v) is 3.25. The second-order valence-electron chi connectivity index (χ2n) is 8.37. The van der Waals surface area contributed by atoms with Crippen LogP contribution in [-0.2, 0) is 29.1 Å². The lowest BCUT2D eigenvalue weighted by Gasteiger charge is -2.31. The summed E-state index contributed by atoms with van der Waals surface area (Å²) in [7, 11) is 0. The van der Waals surface area contributed by atoms with E-state index in [1.807, 2.05) is 10.9 Å². The lowest BCUT2D eigenvalue weighted by Crippen LogP contribution is -2.34. The maximum Gasteiger partial charge on any atom is 0.490 e. The predicted octanol–water partition coefficient (Wildman–Crippen LogP) is 3.83. The molecule has 16 heteroatoms. The lowest BCUT2D eigenvalue weighted by atomic mass is 9.97. The van der Waals surface area contributed by atoms with Crippen LogP contribution in [0.4, 0.5) is 26.3 Å². The van der Waals surface area contributed by atoms with Crippen LogP contribution < -0.4 is 0 Å². The van der Waals surface area contributed by atoms with Crippen molar-refractivity contribution in [3.05, 3.63) is 29.6 Å². The van der Waals surface area contributed by atoms with Gasteiger partial charge in [0.15, 0.2) is 0 Å². The molecule has 0 aromatic carbocycles. The molecule has 0 saturated carbocycles. The highest BCUT2D eigenvalue weighted by Crippen LogP contribution is 2.20. The zero-order valence-electron chi connectivity index (χ0n) is 20.3. The largest absolute Gasteiger partial charge is 0.490 e. The van der Waals surface area contributed by atoms with Gasteiger partial charge in [-0.2, -0.15) is 26.3 Å². The van der Waals surface area contributed by atoms with Crippen molar-refractivity contribution in [2.24, 2.45) is 5.92 Å². The Morgan fingerprint density at radius 2 is 1.62 bits per heavy atom. The van der Waals surface area contributed by atoms with Gasteiger partial charge in [0.05, 0.1) is 12.2 Å². The van der Waals surface area contributed by atoms with Crippen molar-refractivity contribution >= 4 is 11.9 Å². The quantitative estimate of drug-likeness (QED) is 0.448. The third-order valence-corrected chi connectivity index (χ3v) is 5.14. The second kappa shape index (κ2) is 14.5. The molecule has 0 bridgehead atoms. The van der Waals surface area contributed by atoms with Crippen LogP contribution in [0.15, 0.2) is 12.4 Å². The van der Waals surface area contributed by atoms with Crippen LogP contribution in [0.25, 0.3) is 0 Å². The number of aryl methyl sites for hydroxylation is 2. The number of aromatic amines is 1. The molecule has 3 rings (SSSR count). The summed E-state index contributed by atoms with van der Waals surface area (Å²) in [5, 5.41) is 22.8. The van der Waals surface area contributed by atoms with E-state index in [1.165, 1.54) is 25.7 Å². The Bertz CT molecular complexity index is 943. The van der Waals surface area contributed by atoms with Gasteiger partial charge >= 0.3 is 24.3 Å². The number of carboxylic acid groups (broad SMARTS) is 2. The molecule has 1 aliphatic rings. The fraction of sp³-hybridized carbons (Fsp3) is 0.667. The van der Waals surface area contributed by atoms with Crippen LogP contribution in [-0.4, -0.2) is 77.5 Å². The molecular weight excluding hydrogens is 514 g/mol. The summed E-state index contributed by atoms with van der Waals surface area (Å²) in [6.45, 7) is 8.49. The van der Waals surface area contributed by atoms with Crippen molar-refractivity contribution in [2.45, 2.75) is 71.4 Å². The molecule has 0 atom stereocenters. The summed E-state index contributed by atoms with van der Waals surface area (Å²) in [4.78, 5) is 28.0. The molecule has 2 aromatic rings. The van der Waals surface area contributed by atoms with Gasteiger partial charge in [0.2, 0.25) is 0 Å².